The molecular formula is C23H26N2O2S. The zero-order chi connectivity index (χ0) is 19.8. The summed E-state index contributed by atoms with van der Waals surface area (Å²) in [6.45, 7) is 6.84. The molecule has 1 aliphatic heterocycles. The molecule has 0 spiro atoms. The summed E-state index contributed by atoms with van der Waals surface area (Å²) in [5, 5.41) is 3.61. The highest BCUT2D eigenvalue weighted by molar-refractivity contribution is 7.17. The van der Waals surface area contributed by atoms with Crippen molar-refractivity contribution in [2.45, 2.75) is 40.0 Å². The van der Waals surface area contributed by atoms with E-state index in [4.69, 9.17) is 0 Å². The van der Waals surface area contributed by atoms with Crippen molar-refractivity contribution in [1.82, 2.24) is 9.88 Å². The lowest BCUT2D eigenvalue weighted by Gasteiger charge is -2.32. The molecule has 5 heteroatoms. The van der Waals surface area contributed by atoms with Gasteiger partial charge in [-0.2, -0.15) is 0 Å². The molecule has 1 N–H and O–H groups in total. The van der Waals surface area contributed by atoms with E-state index in [2.05, 4.69) is 34.6 Å². The maximum atomic E-state index is 13.2. The van der Waals surface area contributed by atoms with Gasteiger partial charge in [-0.05, 0) is 73.9 Å². The fourth-order valence-corrected chi connectivity index (χ4v) is 5.54. The second kappa shape index (κ2) is 7.55. The minimum absolute atomic E-state index is 0.00570. The molecule has 2 aromatic heterocycles. The molecule has 4 nitrogen and oxygen atoms in total. The number of amides is 1. The van der Waals surface area contributed by atoms with Crippen LogP contribution in [0.1, 0.15) is 57.4 Å². The SMILES string of the molecule is CC(=O)c1c(C)[nH]c(C(=O)N2CCCC(Cc3csc4ccccc34)C2)c1C. The molecule has 1 unspecified atom stereocenters. The zero-order valence-electron chi connectivity index (χ0n) is 16.7. The van der Waals surface area contributed by atoms with E-state index >= 15 is 0 Å². The van der Waals surface area contributed by atoms with Crippen molar-refractivity contribution in [2.24, 2.45) is 5.92 Å². The number of benzene rings is 1. The third-order valence-corrected chi connectivity index (χ3v) is 6.89. The Labute approximate surface area is 169 Å². The highest BCUT2D eigenvalue weighted by Gasteiger charge is 2.28. The molecule has 4 rings (SSSR count). The molecule has 1 atom stereocenters. The van der Waals surface area contributed by atoms with Gasteiger partial charge in [0.25, 0.3) is 5.91 Å². The third kappa shape index (κ3) is 3.39. The van der Waals surface area contributed by atoms with Crippen LogP contribution in [0.2, 0.25) is 0 Å². The minimum Gasteiger partial charge on any atom is -0.354 e. The maximum Gasteiger partial charge on any atom is 0.270 e. The van der Waals surface area contributed by atoms with E-state index in [0.29, 0.717) is 17.2 Å². The van der Waals surface area contributed by atoms with E-state index in [0.717, 1.165) is 43.6 Å². The number of ketones is 1. The van der Waals surface area contributed by atoms with Gasteiger partial charge >= 0.3 is 0 Å². The molecule has 1 saturated heterocycles. The van der Waals surface area contributed by atoms with Crippen LogP contribution in [-0.2, 0) is 6.42 Å². The Balaban J connectivity index is 1.52. The van der Waals surface area contributed by atoms with Gasteiger partial charge in [0.2, 0.25) is 0 Å². The first-order valence-corrected chi connectivity index (χ1v) is 10.8. The number of likely N-dealkylation sites (tertiary alicyclic amines) is 1. The van der Waals surface area contributed by atoms with Crippen LogP contribution in [0.15, 0.2) is 29.6 Å². The maximum absolute atomic E-state index is 13.2. The standard InChI is InChI=1S/C23H26N2O2S/c1-14-21(16(3)26)15(2)24-22(14)23(27)25-10-6-7-17(12-25)11-18-13-28-20-9-5-4-8-19(18)20/h4-5,8-9,13,17,24H,6-7,10-12H2,1-3H3. The van der Waals surface area contributed by atoms with Crippen molar-refractivity contribution in [3.8, 4) is 0 Å². The van der Waals surface area contributed by atoms with Crippen molar-refractivity contribution in [1.29, 1.82) is 0 Å². The number of piperidine rings is 1. The highest BCUT2D eigenvalue weighted by Crippen LogP contribution is 2.30. The van der Waals surface area contributed by atoms with E-state index in [1.54, 1.807) is 18.3 Å². The van der Waals surface area contributed by atoms with Gasteiger partial charge in [-0.3, -0.25) is 9.59 Å². The summed E-state index contributed by atoms with van der Waals surface area (Å²) in [6, 6.07) is 8.54. The lowest BCUT2D eigenvalue weighted by Crippen LogP contribution is -2.41. The lowest BCUT2D eigenvalue weighted by atomic mass is 9.91. The Morgan fingerprint density at radius 3 is 2.79 bits per heavy atom. The minimum atomic E-state index is 0.00570. The van der Waals surface area contributed by atoms with E-state index in [9.17, 15) is 9.59 Å². The molecule has 1 aliphatic rings. The number of carbonyl (C=O) groups is 2. The van der Waals surface area contributed by atoms with Crippen LogP contribution in [0, 0.1) is 19.8 Å². The summed E-state index contributed by atoms with van der Waals surface area (Å²) in [5.74, 6) is 0.499. The number of thiophene rings is 1. The molecule has 0 radical (unpaired) electrons. The average Bonchev–Trinajstić information content (AvgIpc) is 3.22. The summed E-state index contributed by atoms with van der Waals surface area (Å²) in [6.07, 6.45) is 3.18. The summed E-state index contributed by atoms with van der Waals surface area (Å²) in [4.78, 5) is 30.2. The highest BCUT2D eigenvalue weighted by atomic mass is 32.1. The van der Waals surface area contributed by atoms with Crippen LogP contribution in [0.25, 0.3) is 10.1 Å². The number of nitrogens with one attached hydrogen (secondary N) is 1. The van der Waals surface area contributed by atoms with Gasteiger partial charge in [-0.1, -0.05) is 18.2 Å². The molecule has 3 aromatic rings. The molecule has 1 amide bonds. The van der Waals surface area contributed by atoms with Crippen molar-refractivity contribution >= 4 is 33.1 Å². The Morgan fingerprint density at radius 1 is 1.25 bits per heavy atom. The van der Waals surface area contributed by atoms with Crippen LogP contribution in [0.3, 0.4) is 0 Å². The van der Waals surface area contributed by atoms with Gasteiger partial charge in [-0.25, -0.2) is 0 Å². The number of aromatic amines is 1. The predicted molar refractivity (Wildman–Crippen MR) is 114 cm³/mol. The first-order valence-electron chi connectivity index (χ1n) is 9.90. The van der Waals surface area contributed by atoms with E-state index in [1.807, 2.05) is 18.7 Å². The zero-order valence-corrected chi connectivity index (χ0v) is 17.5. The number of Topliss-reactive ketones (excluding diaryl/α,β-unsaturated/α-hetero) is 1. The van der Waals surface area contributed by atoms with E-state index in [1.165, 1.54) is 15.6 Å². The Bertz CT molecular complexity index is 1050. The van der Waals surface area contributed by atoms with E-state index < -0.39 is 0 Å². The van der Waals surface area contributed by atoms with Crippen molar-refractivity contribution < 1.29 is 9.59 Å². The fourth-order valence-electron chi connectivity index (χ4n) is 4.57. The second-order valence-electron chi connectivity index (χ2n) is 7.90. The Kier molecular flexibility index (Phi) is 5.11. The fraction of sp³-hybridized carbons (Fsp3) is 0.391. The second-order valence-corrected chi connectivity index (χ2v) is 8.81. The van der Waals surface area contributed by atoms with Crippen molar-refractivity contribution in [3.63, 3.8) is 0 Å². The van der Waals surface area contributed by atoms with Crippen LogP contribution in [0.5, 0.6) is 0 Å². The molecule has 1 aromatic carbocycles. The van der Waals surface area contributed by atoms with Crippen LogP contribution < -0.4 is 0 Å². The van der Waals surface area contributed by atoms with E-state index in [-0.39, 0.29) is 11.7 Å². The summed E-state index contributed by atoms with van der Waals surface area (Å²) < 4.78 is 1.33. The Hall–Kier alpha value is -2.40. The van der Waals surface area contributed by atoms with Crippen LogP contribution in [0.4, 0.5) is 0 Å². The first-order chi connectivity index (χ1) is 13.5. The summed E-state index contributed by atoms with van der Waals surface area (Å²) >= 11 is 1.80. The molecule has 0 aliphatic carbocycles. The molecule has 1 fully saturated rings. The number of aromatic nitrogens is 1. The number of nitrogens with zero attached hydrogens (tertiary/aromatic N) is 1. The molecule has 146 valence electrons. The number of aryl methyl sites for hydroxylation is 1. The van der Waals surface area contributed by atoms with Gasteiger partial charge in [0, 0.05) is 29.0 Å². The van der Waals surface area contributed by atoms with Gasteiger partial charge in [0.15, 0.2) is 5.78 Å². The number of rotatable bonds is 4. The Morgan fingerprint density at radius 2 is 2.04 bits per heavy atom. The summed E-state index contributed by atoms with van der Waals surface area (Å²) in [7, 11) is 0. The number of fused-ring (bicyclic) bond motifs is 1. The summed E-state index contributed by atoms with van der Waals surface area (Å²) in [5.41, 5.74) is 4.18. The molecular weight excluding hydrogens is 368 g/mol. The quantitative estimate of drug-likeness (QED) is 0.623. The predicted octanol–water partition coefficient (Wildman–Crippen LogP) is 5.14. The van der Waals surface area contributed by atoms with Gasteiger partial charge < -0.3 is 9.88 Å². The number of carbonyl (C=O) groups excluding carboxylic acids is 2. The number of hydrogen-bond donors (Lipinski definition) is 1. The topological polar surface area (TPSA) is 53.2 Å². The van der Waals surface area contributed by atoms with Crippen LogP contribution in [-0.4, -0.2) is 34.7 Å². The van der Waals surface area contributed by atoms with Gasteiger partial charge in [0.05, 0.1) is 0 Å². The molecule has 3 heterocycles. The number of hydrogen-bond acceptors (Lipinski definition) is 3. The van der Waals surface area contributed by atoms with Crippen molar-refractivity contribution in [3.05, 3.63) is 57.7 Å². The first kappa shape index (κ1) is 18.9. The number of H-pyrrole nitrogens is 1. The average molecular weight is 395 g/mol. The van der Waals surface area contributed by atoms with Crippen LogP contribution >= 0.6 is 11.3 Å². The largest absolute Gasteiger partial charge is 0.354 e. The smallest absolute Gasteiger partial charge is 0.270 e. The van der Waals surface area contributed by atoms with Crippen molar-refractivity contribution in [2.75, 3.05) is 13.1 Å². The lowest BCUT2D eigenvalue weighted by molar-refractivity contribution is 0.0667. The molecule has 0 saturated carbocycles. The van der Waals surface area contributed by atoms with Gasteiger partial charge in [-0.15, -0.1) is 11.3 Å². The third-order valence-electron chi connectivity index (χ3n) is 5.88. The monoisotopic (exact) mass is 394 g/mol. The molecule has 0 bridgehead atoms. The van der Waals surface area contributed by atoms with Gasteiger partial charge in [0.1, 0.15) is 5.69 Å². The molecule has 28 heavy (non-hydrogen) atoms. The normalized spacial score (nSPS) is 17.2.